The third-order valence-corrected chi connectivity index (χ3v) is 9.15. The molecule has 33 heavy (non-hydrogen) atoms. The molecule has 1 aromatic heterocycles. The minimum atomic E-state index is -3.63. The van der Waals surface area contributed by atoms with Gasteiger partial charge in [0.25, 0.3) is 11.8 Å². The van der Waals surface area contributed by atoms with Crippen LogP contribution in [0.15, 0.2) is 59.5 Å². The average molecular weight is 482 g/mol. The van der Waals surface area contributed by atoms with Gasteiger partial charge in [-0.15, -0.1) is 11.3 Å². The highest BCUT2D eigenvalue weighted by molar-refractivity contribution is 7.89. The standard InChI is InChI=1S/C24H23N3O4S2/c28-23(18-7-5-8-19(14-18)33(30,31)27-12-3-4-13-27)25-26-24(29)21-15-17-11-10-16-6-1-2-9-20(16)22(17)32-21/h1-2,5-9,14-15H,3-4,10-13H2,(H,25,28)(H,26,29). The molecule has 2 aliphatic rings. The van der Waals surface area contributed by atoms with Crippen LogP contribution in [0.3, 0.4) is 0 Å². The lowest BCUT2D eigenvalue weighted by molar-refractivity contribution is 0.0848. The number of carbonyl (C=O) groups excluding carboxylic acids is 2. The minimum absolute atomic E-state index is 0.0768. The van der Waals surface area contributed by atoms with Crippen molar-refractivity contribution in [3.63, 3.8) is 0 Å². The second-order valence-electron chi connectivity index (χ2n) is 8.17. The molecule has 0 radical (unpaired) electrons. The SMILES string of the molecule is O=C(NNC(=O)c1cc2c(s1)-c1ccccc1CC2)c1cccc(S(=O)(=O)N2CCCC2)c1. The smallest absolute Gasteiger partial charge is 0.267 e. The topological polar surface area (TPSA) is 95.6 Å². The number of fused-ring (bicyclic) bond motifs is 3. The number of aryl methyl sites for hydroxylation is 2. The number of amides is 2. The van der Waals surface area contributed by atoms with E-state index in [2.05, 4.69) is 23.0 Å². The molecule has 0 spiro atoms. The van der Waals surface area contributed by atoms with E-state index in [0.717, 1.165) is 41.7 Å². The zero-order valence-electron chi connectivity index (χ0n) is 17.8. The summed E-state index contributed by atoms with van der Waals surface area (Å²) in [4.78, 5) is 27.0. The monoisotopic (exact) mass is 481 g/mol. The molecule has 5 rings (SSSR count). The number of hydrogen-bond donors (Lipinski definition) is 2. The van der Waals surface area contributed by atoms with E-state index < -0.39 is 21.8 Å². The van der Waals surface area contributed by atoms with Crippen LogP contribution < -0.4 is 10.9 Å². The number of sulfonamides is 1. The van der Waals surface area contributed by atoms with Crippen molar-refractivity contribution in [1.82, 2.24) is 15.2 Å². The predicted molar refractivity (Wildman–Crippen MR) is 127 cm³/mol. The minimum Gasteiger partial charge on any atom is -0.267 e. The number of benzene rings is 2. The summed E-state index contributed by atoms with van der Waals surface area (Å²) >= 11 is 1.41. The van der Waals surface area contributed by atoms with Crippen molar-refractivity contribution in [2.75, 3.05) is 13.1 Å². The molecule has 3 aromatic rings. The number of thiophene rings is 1. The van der Waals surface area contributed by atoms with Gasteiger partial charge in [0.1, 0.15) is 0 Å². The molecule has 2 N–H and O–H groups in total. The molecule has 1 saturated heterocycles. The molecule has 9 heteroatoms. The van der Waals surface area contributed by atoms with Crippen LogP contribution in [0.25, 0.3) is 10.4 Å². The van der Waals surface area contributed by atoms with Gasteiger partial charge in [-0.25, -0.2) is 8.42 Å². The highest BCUT2D eigenvalue weighted by Gasteiger charge is 2.28. The number of carbonyl (C=O) groups is 2. The Morgan fingerprint density at radius 2 is 1.58 bits per heavy atom. The highest BCUT2D eigenvalue weighted by atomic mass is 32.2. The van der Waals surface area contributed by atoms with Crippen LogP contribution in [0, 0.1) is 0 Å². The summed E-state index contributed by atoms with van der Waals surface area (Å²) in [5.41, 5.74) is 8.59. The Kier molecular flexibility index (Phi) is 5.77. The first-order chi connectivity index (χ1) is 15.9. The number of hydrogen-bond acceptors (Lipinski definition) is 5. The molecule has 170 valence electrons. The maximum atomic E-state index is 12.8. The number of nitrogens with one attached hydrogen (secondary N) is 2. The lowest BCUT2D eigenvalue weighted by Gasteiger charge is -2.16. The van der Waals surface area contributed by atoms with Crippen molar-refractivity contribution in [2.45, 2.75) is 30.6 Å². The Morgan fingerprint density at radius 3 is 2.39 bits per heavy atom. The molecule has 1 aliphatic heterocycles. The van der Waals surface area contributed by atoms with E-state index in [1.54, 1.807) is 0 Å². The molecule has 0 atom stereocenters. The molecule has 7 nitrogen and oxygen atoms in total. The van der Waals surface area contributed by atoms with Gasteiger partial charge in [-0.3, -0.25) is 20.4 Å². The van der Waals surface area contributed by atoms with Gasteiger partial charge in [-0.05, 0) is 66.6 Å². The van der Waals surface area contributed by atoms with Crippen LogP contribution in [-0.4, -0.2) is 37.6 Å². The van der Waals surface area contributed by atoms with Crippen LogP contribution in [0.1, 0.15) is 44.0 Å². The second-order valence-corrected chi connectivity index (χ2v) is 11.2. The first-order valence-electron chi connectivity index (χ1n) is 10.9. The van der Waals surface area contributed by atoms with E-state index in [4.69, 9.17) is 0 Å². The first kappa shape index (κ1) is 21.8. The highest BCUT2D eigenvalue weighted by Crippen LogP contribution is 2.39. The molecule has 2 aromatic carbocycles. The zero-order valence-corrected chi connectivity index (χ0v) is 19.5. The van der Waals surface area contributed by atoms with Crippen molar-refractivity contribution >= 4 is 33.2 Å². The normalized spacial score (nSPS) is 15.5. The summed E-state index contributed by atoms with van der Waals surface area (Å²) in [6.45, 7) is 0.980. The van der Waals surface area contributed by atoms with Crippen LogP contribution in [0.5, 0.6) is 0 Å². The third-order valence-electron chi connectivity index (χ3n) is 6.05. The van der Waals surface area contributed by atoms with Crippen LogP contribution >= 0.6 is 11.3 Å². The molecule has 1 aliphatic carbocycles. The van der Waals surface area contributed by atoms with Gasteiger partial charge >= 0.3 is 0 Å². The number of nitrogens with zero attached hydrogens (tertiary/aromatic N) is 1. The lowest BCUT2D eigenvalue weighted by Crippen LogP contribution is -2.41. The van der Waals surface area contributed by atoms with Gasteiger partial charge in [-0.2, -0.15) is 4.31 Å². The summed E-state index contributed by atoms with van der Waals surface area (Å²) in [5.74, 6) is -0.977. The Balaban J connectivity index is 1.28. The Hall–Kier alpha value is -3.01. The van der Waals surface area contributed by atoms with E-state index in [1.807, 2.05) is 18.2 Å². The fraction of sp³-hybridized carbons (Fsp3) is 0.250. The molecule has 0 bridgehead atoms. The van der Waals surface area contributed by atoms with Gasteiger partial charge < -0.3 is 0 Å². The lowest BCUT2D eigenvalue weighted by atomic mass is 9.91. The Labute approximate surface area is 196 Å². The Bertz CT molecular complexity index is 1340. The number of hydrazine groups is 1. The zero-order chi connectivity index (χ0) is 23.0. The van der Waals surface area contributed by atoms with E-state index in [1.165, 1.54) is 45.5 Å². The van der Waals surface area contributed by atoms with E-state index in [9.17, 15) is 18.0 Å². The van der Waals surface area contributed by atoms with Gasteiger partial charge in [0.05, 0.1) is 9.77 Å². The molecule has 0 saturated carbocycles. The largest absolute Gasteiger partial charge is 0.279 e. The van der Waals surface area contributed by atoms with Gasteiger partial charge in [-0.1, -0.05) is 30.3 Å². The second kappa shape index (κ2) is 8.74. The van der Waals surface area contributed by atoms with Gasteiger partial charge in [0, 0.05) is 23.5 Å². The van der Waals surface area contributed by atoms with Gasteiger partial charge in [0.15, 0.2) is 0 Å². The summed E-state index contributed by atoms with van der Waals surface area (Å²) < 4.78 is 27.0. The molecule has 2 heterocycles. The van der Waals surface area contributed by atoms with Crippen molar-refractivity contribution < 1.29 is 18.0 Å². The van der Waals surface area contributed by atoms with Crippen molar-refractivity contribution in [3.05, 3.63) is 76.2 Å². The number of rotatable bonds is 4. The summed E-state index contributed by atoms with van der Waals surface area (Å²) in [5, 5.41) is 0. The van der Waals surface area contributed by atoms with Crippen molar-refractivity contribution in [2.24, 2.45) is 0 Å². The maximum absolute atomic E-state index is 12.8. The summed E-state index contributed by atoms with van der Waals surface area (Å²) in [6.07, 6.45) is 3.49. The van der Waals surface area contributed by atoms with Gasteiger partial charge in [0.2, 0.25) is 10.0 Å². The molecule has 2 amide bonds. The summed E-state index contributed by atoms with van der Waals surface area (Å²) in [6, 6.07) is 15.9. The van der Waals surface area contributed by atoms with Crippen LogP contribution in [0.2, 0.25) is 0 Å². The predicted octanol–water partition coefficient (Wildman–Crippen LogP) is 3.37. The fourth-order valence-electron chi connectivity index (χ4n) is 4.31. The van der Waals surface area contributed by atoms with Crippen molar-refractivity contribution in [1.29, 1.82) is 0 Å². The first-order valence-corrected chi connectivity index (χ1v) is 13.1. The quantitative estimate of drug-likeness (QED) is 0.559. The maximum Gasteiger partial charge on any atom is 0.279 e. The Morgan fingerprint density at radius 1 is 0.848 bits per heavy atom. The third kappa shape index (κ3) is 4.19. The van der Waals surface area contributed by atoms with E-state index in [0.29, 0.717) is 18.0 Å². The molecular weight excluding hydrogens is 458 g/mol. The average Bonchev–Trinajstić information content (AvgIpc) is 3.53. The van der Waals surface area contributed by atoms with E-state index >= 15 is 0 Å². The van der Waals surface area contributed by atoms with Crippen molar-refractivity contribution in [3.8, 4) is 10.4 Å². The van der Waals surface area contributed by atoms with E-state index in [-0.39, 0.29) is 10.5 Å². The van der Waals surface area contributed by atoms with Crippen LogP contribution in [0.4, 0.5) is 0 Å². The molecule has 0 unspecified atom stereocenters. The fourth-order valence-corrected chi connectivity index (χ4v) is 7.04. The van der Waals surface area contributed by atoms with Crippen LogP contribution in [-0.2, 0) is 22.9 Å². The molecule has 1 fully saturated rings. The summed E-state index contributed by atoms with van der Waals surface area (Å²) in [7, 11) is -3.63. The molecular formula is C24H23N3O4S2.